The summed E-state index contributed by atoms with van der Waals surface area (Å²) in [5.41, 5.74) is 4.39. The summed E-state index contributed by atoms with van der Waals surface area (Å²) < 4.78 is 1.51. The van der Waals surface area contributed by atoms with E-state index in [1.54, 1.807) is 13.2 Å². The molecule has 5 rings (SSSR count). The normalized spacial score (nSPS) is 20.4. The van der Waals surface area contributed by atoms with Crippen LogP contribution in [0, 0.1) is 0 Å². The van der Waals surface area contributed by atoms with Crippen molar-refractivity contribution < 1.29 is 4.79 Å². The second-order valence-corrected chi connectivity index (χ2v) is 9.18. The van der Waals surface area contributed by atoms with Crippen molar-refractivity contribution in [2.24, 2.45) is 7.05 Å². The Morgan fingerprint density at radius 1 is 1.06 bits per heavy atom. The summed E-state index contributed by atoms with van der Waals surface area (Å²) in [7, 11) is 1.72. The summed E-state index contributed by atoms with van der Waals surface area (Å²) in [6.45, 7) is 6.03. The van der Waals surface area contributed by atoms with E-state index in [1.165, 1.54) is 35.0 Å². The minimum atomic E-state index is -0.244. The Morgan fingerprint density at radius 2 is 1.87 bits per heavy atom. The molecule has 1 amide bonds. The van der Waals surface area contributed by atoms with E-state index in [0.717, 1.165) is 62.9 Å². The van der Waals surface area contributed by atoms with Gasteiger partial charge in [-0.15, -0.1) is 0 Å². The monoisotopic (exact) mass is 421 g/mol. The zero-order chi connectivity index (χ0) is 21.4. The van der Waals surface area contributed by atoms with Gasteiger partial charge in [-0.05, 0) is 36.0 Å². The van der Waals surface area contributed by atoms with Crippen LogP contribution in [0.3, 0.4) is 0 Å². The fourth-order valence-corrected chi connectivity index (χ4v) is 4.97. The van der Waals surface area contributed by atoms with E-state index in [1.807, 2.05) is 6.20 Å². The fraction of sp³-hybridized carbons (Fsp3) is 0.542. The molecule has 0 atom stereocenters. The van der Waals surface area contributed by atoms with Crippen LogP contribution in [0.25, 0.3) is 11.1 Å². The topological polar surface area (TPSA) is 61.7 Å². The fourth-order valence-electron chi connectivity index (χ4n) is 4.97. The van der Waals surface area contributed by atoms with Crippen molar-refractivity contribution in [3.63, 3.8) is 0 Å². The second-order valence-electron chi connectivity index (χ2n) is 9.18. The first-order valence-corrected chi connectivity index (χ1v) is 11.5. The lowest BCUT2D eigenvalue weighted by molar-refractivity contribution is -0.135. The third-order valence-electron chi connectivity index (χ3n) is 7.20. The average Bonchev–Trinajstić information content (AvgIpc) is 2.74. The van der Waals surface area contributed by atoms with Crippen molar-refractivity contribution in [3.05, 3.63) is 52.2 Å². The SMILES string of the molecule is Cn1cc(-c2ccc3c(c2)CCN(CC(=O)N2CCN(C4CCC4)CC2)C3)cnc1=O. The van der Waals surface area contributed by atoms with Crippen LogP contribution in [0.2, 0.25) is 0 Å². The second kappa shape index (κ2) is 8.55. The predicted molar refractivity (Wildman–Crippen MR) is 120 cm³/mol. The maximum absolute atomic E-state index is 12.9. The molecule has 1 aromatic carbocycles. The van der Waals surface area contributed by atoms with E-state index >= 15 is 0 Å². The number of hydrogen-bond acceptors (Lipinski definition) is 5. The van der Waals surface area contributed by atoms with E-state index in [9.17, 15) is 9.59 Å². The molecule has 2 fully saturated rings. The predicted octanol–water partition coefficient (Wildman–Crippen LogP) is 1.50. The first-order chi connectivity index (χ1) is 15.1. The molecular formula is C24H31N5O2. The van der Waals surface area contributed by atoms with E-state index in [-0.39, 0.29) is 11.6 Å². The van der Waals surface area contributed by atoms with E-state index < -0.39 is 0 Å². The van der Waals surface area contributed by atoms with Gasteiger partial charge in [-0.2, -0.15) is 0 Å². The summed E-state index contributed by atoms with van der Waals surface area (Å²) in [6, 6.07) is 7.22. The molecule has 0 bridgehead atoms. The minimum Gasteiger partial charge on any atom is -0.339 e. The Labute approximate surface area is 183 Å². The highest BCUT2D eigenvalue weighted by Gasteiger charge is 2.30. The molecule has 0 spiro atoms. The van der Waals surface area contributed by atoms with Crippen LogP contribution in [0.15, 0.2) is 35.4 Å². The van der Waals surface area contributed by atoms with Gasteiger partial charge >= 0.3 is 5.69 Å². The Morgan fingerprint density at radius 3 is 2.58 bits per heavy atom. The van der Waals surface area contributed by atoms with Crippen LogP contribution < -0.4 is 5.69 Å². The summed E-state index contributed by atoms with van der Waals surface area (Å²) in [5, 5.41) is 0. The van der Waals surface area contributed by atoms with Crippen LogP contribution in [0.5, 0.6) is 0 Å². The molecule has 1 saturated heterocycles. The maximum atomic E-state index is 12.9. The molecule has 1 aliphatic carbocycles. The van der Waals surface area contributed by atoms with Gasteiger partial charge in [0.25, 0.3) is 0 Å². The quantitative estimate of drug-likeness (QED) is 0.749. The van der Waals surface area contributed by atoms with Gasteiger partial charge in [-0.1, -0.05) is 24.6 Å². The highest BCUT2D eigenvalue weighted by molar-refractivity contribution is 5.78. The molecular weight excluding hydrogens is 390 g/mol. The first kappa shape index (κ1) is 20.4. The molecule has 7 heteroatoms. The summed E-state index contributed by atoms with van der Waals surface area (Å²) in [5.74, 6) is 0.268. The molecule has 0 unspecified atom stereocenters. The Bertz CT molecular complexity index is 1020. The number of carbonyl (C=O) groups is 1. The Hall–Kier alpha value is -2.51. The number of aromatic nitrogens is 2. The van der Waals surface area contributed by atoms with Crippen molar-refractivity contribution in [2.75, 3.05) is 39.3 Å². The molecule has 164 valence electrons. The van der Waals surface area contributed by atoms with E-state index in [2.05, 4.69) is 37.9 Å². The number of hydrogen-bond donors (Lipinski definition) is 0. The number of carbonyl (C=O) groups excluding carboxylic acids is 1. The molecule has 0 N–H and O–H groups in total. The van der Waals surface area contributed by atoms with Gasteiger partial charge < -0.3 is 9.47 Å². The van der Waals surface area contributed by atoms with Gasteiger partial charge in [0.15, 0.2) is 0 Å². The molecule has 3 heterocycles. The molecule has 31 heavy (non-hydrogen) atoms. The summed E-state index contributed by atoms with van der Waals surface area (Å²) in [4.78, 5) is 35.3. The van der Waals surface area contributed by atoms with Crippen LogP contribution in [0.4, 0.5) is 0 Å². The third-order valence-corrected chi connectivity index (χ3v) is 7.20. The van der Waals surface area contributed by atoms with E-state index in [4.69, 9.17) is 0 Å². The minimum absolute atomic E-state index is 0.244. The van der Waals surface area contributed by atoms with Crippen LogP contribution in [-0.4, -0.2) is 75.5 Å². The third kappa shape index (κ3) is 4.29. The van der Waals surface area contributed by atoms with Crippen molar-refractivity contribution in [3.8, 4) is 11.1 Å². The lowest BCUT2D eigenvalue weighted by Gasteiger charge is -2.43. The summed E-state index contributed by atoms with van der Waals surface area (Å²) >= 11 is 0. The molecule has 2 aromatic rings. The van der Waals surface area contributed by atoms with Gasteiger partial charge in [-0.3, -0.25) is 14.6 Å². The van der Waals surface area contributed by atoms with Crippen LogP contribution >= 0.6 is 0 Å². The number of fused-ring (bicyclic) bond motifs is 1. The summed E-state index contributed by atoms with van der Waals surface area (Å²) in [6.07, 6.45) is 8.44. The molecule has 1 aromatic heterocycles. The van der Waals surface area contributed by atoms with Gasteiger partial charge in [0.2, 0.25) is 5.91 Å². The van der Waals surface area contributed by atoms with Crippen molar-refractivity contribution in [2.45, 2.75) is 38.3 Å². The van der Waals surface area contributed by atoms with Crippen molar-refractivity contribution in [1.29, 1.82) is 0 Å². The number of amides is 1. The lowest BCUT2D eigenvalue weighted by Crippen LogP contribution is -2.55. The van der Waals surface area contributed by atoms with Gasteiger partial charge in [-0.25, -0.2) is 9.78 Å². The molecule has 2 aliphatic heterocycles. The Kier molecular flexibility index (Phi) is 5.63. The lowest BCUT2D eigenvalue weighted by atomic mass is 9.91. The number of piperazine rings is 1. The average molecular weight is 422 g/mol. The van der Waals surface area contributed by atoms with Crippen LogP contribution in [-0.2, 0) is 24.8 Å². The smallest absolute Gasteiger partial charge is 0.339 e. The molecule has 3 aliphatic rings. The number of benzene rings is 1. The highest BCUT2D eigenvalue weighted by atomic mass is 16.2. The van der Waals surface area contributed by atoms with Gasteiger partial charge in [0.1, 0.15) is 0 Å². The van der Waals surface area contributed by atoms with Gasteiger partial charge in [0, 0.05) is 70.3 Å². The molecule has 1 saturated carbocycles. The van der Waals surface area contributed by atoms with Crippen LogP contribution in [0.1, 0.15) is 30.4 Å². The zero-order valence-corrected chi connectivity index (χ0v) is 18.3. The molecule has 7 nitrogen and oxygen atoms in total. The standard InChI is InChI=1S/C24H31N5O2/c1-26-15-21(14-25-24(26)31)18-5-6-20-16-27(8-7-19(20)13-18)17-23(30)29-11-9-28(10-12-29)22-3-2-4-22/h5-6,13-15,22H,2-4,7-12,16-17H2,1H3. The number of rotatable bonds is 4. The largest absolute Gasteiger partial charge is 0.347 e. The van der Waals surface area contributed by atoms with Gasteiger partial charge in [0.05, 0.1) is 6.54 Å². The number of nitrogens with zero attached hydrogens (tertiary/aromatic N) is 5. The highest BCUT2D eigenvalue weighted by Crippen LogP contribution is 2.27. The first-order valence-electron chi connectivity index (χ1n) is 11.5. The Balaban J connectivity index is 1.18. The number of aryl methyl sites for hydroxylation is 1. The van der Waals surface area contributed by atoms with Crippen molar-refractivity contribution in [1.82, 2.24) is 24.3 Å². The van der Waals surface area contributed by atoms with E-state index in [0.29, 0.717) is 6.54 Å². The maximum Gasteiger partial charge on any atom is 0.347 e. The zero-order valence-electron chi connectivity index (χ0n) is 18.3. The van der Waals surface area contributed by atoms with Crippen molar-refractivity contribution >= 4 is 5.91 Å². The molecule has 0 radical (unpaired) electrons.